The molecular formula is C20H16Cl2N6O2S2. The highest BCUT2D eigenvalue weighted by Crippen LogP contribution is 2.33. The fourth-order valence-electron chi connectivity index (χ4n) is 2.84. The minimum Gasteiger partial charge on any atom is -0.465 e. The van der Waals surface area contributed by atoms with Gasteiger partial charge in [0.05, 0.1) is 38.7 Å². The van der Waals surface area contributed by atoms with Crippen molar-refractivity contribution in [3.05, 3.63) is 57.6 Å². The van der Waals surface area contributed by atoms with Gasteiger partial charge in [-0.3, -0.25) is 0 Å². The monoisotopic (exact) mass is 506 g/mol. The molecule has 32 heavy (non-hydrogen) atoms. The van der Waals surface area contributed by atoms with Crippen molar-refractivity contribution >= 4 is 68.6 Å². The number of rotatable bonds is 8. The number of hydrogen-bond donors (Lipinski definition) is 3. The number of aromatic nitrogens is 4. The van der Waals surface area contributed by atoms with Crippen molar-refractivity contribution in [1.82, 2.24) is 25.5 Å². The topological polar surface area (TPSA) is 113 Å². The molecule has 0 saturated heterocycles. The summed E-state index contributed by atoms with van der Waals surface area (Å²) in [6.45, 7) is 0.822. The number of thiazole rings is 1. The molecule has 0 atom stereocenters. The number of nitrogens with zero attached hydrogens (tertiary/aromatic N) is 4. The Morgan fingerprint density at radius 3 is 2.75 bits per heavy atom. The average molecular weight is 507 g/mol. The summed E-state index contributed by atoms with van der Waals surface area (Å²) in [4.78, 5) is 20.7. The van der Waals surface area contributed by atoms with Crippen LogP contribution >= 0.6 is 46.3 Å². The summed E-state index contributed by atoms with van der Waals surface area (Å²) in [5.41, 5.74) is 2.03. The van der Waals surface area contributed by atoms with E-state index in [2.05, 4.69) is 30.8 Å². The van der Waals surface area contributed by atoms with Crippen LogP contribution < -0.4 is 10.6 Å². The minimum absolute atomic E-state index is 0.347. The summed E-state index contributed by atoms with van der Waals surface area (Å²) in [5.74, 6) is 0.992. The zero-order valence-corrected chi connectivity index (χ0v) is 19.5. The molecule has 4 rings (SSSR count). The van der Waals surface area contributed by atoms with E-state index in [1.54, 1.807) is 41.3 Å². The van der Waals surface area contributed by atoms with Crippen molar-refractivity contribution < 1.29 is 9.90 Å². The van der Waals surface area contributed by atoms with Crippen LogP contribution in [0.1, 0.15) is 5.01 Å². The van der Waals surface area contributed by atoms with Gasteiger partial charge in [-0.15, -0.1) is 28.2 Å². The molecule has 1 amide bonds. The van der Waals surface area contributed by atoms with Gasteiger partial charge >= 0.3 is 6.09 Å². The van der Waals surface area contributed by atoms with Crippen LogP contribution in [0.5, 0.6) is 0 Å². The van der Waals surface area contributed by atoms with E-state index in [0.29, 0.717) is 46.1 Å². The van der Waals surface area contributed by atoms with Gasteiger partial charge in [0.1, 0.15) is 5.01 Å². The minimum atomic E-state index is -1.02. The van der Waals surface area contributed by atoms with Crippen LogP contribution in [-0.4, -0.2) is 43.7 Å². The molecule has 0 aliphatic heterocycles. The fourth-order valence-corrected chi connectivity index (χ4v) is 5.12. The third kappa shape index (κ3) is 5.57. The summed E-state index contributed by atoms with van der Waals surface area (Å²) >= 11 is 15.7. The first-order valence-electron chi connectivity index (χ1n) is 9.36. The number of amides is 1. The molecule has 0 aliphatic carbocycles. The lowest BCUT2D eigenvalue weighted by molar-refractivity contribution is 0.195. The molecule has 0 bridgehead atoms. The molecular weight excluding hydrogens is 491 g/mol. The van der Waals surface area contributed by atoms with Crippen molar-refractivity contribution in [3.63, 3.8) is 0 Å². The van der Waals surface area contributed by atoms with Gasteiger partial charge in [-0.05, 0) is 30.3 Å². The van der Waals surface area contributed by atoms with Crippen LogP contribution in [0.2, 0.25) is 10.0 Å². The highest BCUT2D eigenvalue weighted by atomic mass is 35.5. The Labute approximate surface area is 201 Å². The predicted molar refractivity (Wildman–Crippen MR) is 129 cm³/mol. The number of carbonyl (C=O) groups is 1. The van der Waals surface area contributed by atoms with E-state index in [1.807, 2.05) is 18.2 Å². The average Bonchev–Trinajstić information content (AvgIpc) is 3.18. The summed E-state index contributed by atoms with van der Waals surface area (Å²) in [5, 5.41) is 24.0. The molecule has 0 spiro atoms. The van der Waals surface area contributed by atoms with Crippen molar-refractivity contribution in [1.29, 1.82) is 0 Å². The van der Waals surface area contributed by atoms with E-state index in [1.165, 1.54) is 6.20 Å². The third-order valence-corrected chi connectivity index (χ3v) is 6.89. The van der Waals surface area contributed by atoms with Crippen LogP contribution in [0.3, 0.4) is 0 Å². The maximum absolute atomic E-state index is 10.5. The summed E-state index contributed by atoms with van der Waals surface area (Å²) in [7, 11) is 0. The Bertz CT molecular complexity index is 1250. The van der Waals surface area contributed by atoms with Gasteiger partial charge in [0.25, 0.3) is 0 Å². The molecule has 2 heterocycles. The third-order valence-electron chi connectivity index (χ3n) is 4.23. The van der Waals surface area contributed by atoms with E-state index in [4.69, 9.17) is 28.3 Å². The Morgan fingerprint density at radius 2 is 1.97 bits per heavy atom. The van der Waals surface area contributed by atoms with Crippen molar-refractivity contribution in [2.24, 2.45) is 0 Å². The highest BCUT2D eigenvalue weighted by molar-refractivity contribution is 7.99. The molecule has 0 radical (unpaired) electrons. The first-order chi connectivity index (χ1) is 15.5. The lowest BCUT2D eigenvalue weighted by atomic mass is 10.1. The quantitative estimate of drug-likeness (QED) is 0.214. The van der Waals surface area contributed by atoms with Gasteiger partial charge < -0.3 is 15.7 Å². The molecule has 3 N–H and O–H groups in total. The number of fused-ring (bicyclic) bond motifs is 1. The van der Waals surface area contributed by atoms with Crippen LogP contribution in [0.25, 0.3) is 21.5 Å². The highest BCUT2D eigenvalue weighted by Gasteiger charge is 2.12. The van der Waals surface area contributed by atoms with Gasteiger partial charge in [-0.2, -0.15) is 5.10 Å². The van der Waals surface area contributed by atoms with Crippen LogP contribution in [-0.2, 0) is 6.54 Å². The van der Waals surface area contributed by atoms with E-state index in [-0.39, 0.29) is 0 Å². The summed E-state index contributed by atoms with van der Waals surface area (Å²) in [6, 6.07) is 11.3. The number of halogens is 2. The number of thioether (sulfide) groups is 1. The van der Waals surface area contributed by atoms with Crippen molar-refractivity contribution in [2.45, 2.75) is 11.4 Å². The van der Waals surface area contributed by atoms with Gasteiger partial charge in [0.2, 0.25) is 5.95 Å². The van der Waals surface area contributed by atoms with E-state index in [9.17, 15) is 4.79 Å². The molecule has 0 fully saturated rings. The molecule has 12 heteroatoms. The first-order valence-corrected chi connectivity index (χ1v) is 11.9. The fraction of sp³-hybridized carbons (Fsp3) is 0.150. The van der Waals surface area contributed by atoms with Crippen molar-refractivity contribution in [2.75, 3.05) is 17.6 Å². The summed E-state index contributed by atoms with van der Waals surface area (Å²) < 4.78 is 1.06. The molecule has 2 aromatic heterocycles. The number of carboxylic acid groups (broad SMARTS) is 1. The van der Waals surface area contributed by atoms with Gasteiger partial charge in [0, 0.05) is 22.8 Å². The molecule has 0 unspecified atom stereocenters. The largest absolute Gasteiger partial charge is 0.465 e. The molecule has 164 valence electrons. The predicted octanol–water partition coefficient (Wildman–Crippen LogP) is 5.43. The van der Waals surface area contributed by atoms with Crippen molar-refractivity contribution in [3.8, 4) is 11.3 Å². The number of nitrogens with one attached hydrogen (secondary N) is 2. The zero-order chi connectivity index (χ0) is 22.5. The van der Waals surface area contributed by atoms with E-state index >= 15 is 0 Å². The number of hydrogen-bond acceptors (Lipinski definition) is 8. The first kappa shape index (κ1) is 22.5. The normalized spacial score (nSPS) is 10.9. The maximum Gasteiger partial charge on any atom is 0.404 e. The molecule has 2 aromatic carbocycles. The van der Waals surface area contributed by atoms with Crippen LogP contribution in [0, 0.1) is 0 Å². The zero-order valence-electron chi connectivity index (χ0n) is 16.4. The lowest BCUT2D eigenvalue weighted by Crippen LogP contribution is -2.23. The lowest BCUT2D eigenvalue weighted by Gasteiger charge is -2.07. The SMILES string of the molecule is O=C(O)NCCSc1ccc2sc(CNc3nncc(-c4c(Cl)cccc4Cl)n3)nc2c1. The molecule has 8 nitrogen and oxygen atoms in total. The maximum atomic E-state index is 10.5. The second-order valence-electron chi connectivity index (χ2n) is 6.43. The Balaban J connectivity index is 1.42. The second kappa shape index (κ2) is 10.3. The summed E-state index contributed by atoms with van der Waals surface area (Å²) in [6.07, 6.45) is 0.499. The van der Waals surface area contributed by atoms with Gasteiger partial charge in [-0.25, -0.2) is 14.8 Å². The standard InChI is InChI=1S/C20H16Cl2N6O2S2/c21-12-2-1-3-13(22)18(12)15-9-25-28-19(27-15)24-10-17-26-14-8-11(4-5-16(14)32-17)31-7-6-23-20(29)30/h1-5,8-9,23H,6-7,10H2,(H,29,30)(H,24,27,28). The Hall–Kier alpha value is -2.66. The number of benzene rings is 2. The Morgan fingerprint density at radius 1 is 1.16 bits per heavy atom. The van der Waals surface area contributed by atoms with E-state index < -0.39 is 6.09 Å². The molecule has 0 saturated carbocycles. The van der Waals surface area contributed by atoms with Crippen LogP contribution in [0.15, 0.2) is 47.5 Å². The molecule has 0 aliphatic rings. The smallest absolute Gasteiger partial charge is 0.404 e. The van der Waals surface area contributed by atoms with Gasteiger partial charge in [0.15, 0.2) is 0 Å². The van der Waals surface area contributed by atoms with Gasteiger partial charge in [-0.1, -0.05) is 29.3 Å². The second-order valence-corrected chi connectivity index (χ2v) is 9.53. The Kier molecular flexibility index (Phi) is 7.26. The van der Waals surface area contributed by atoms with E-state index in [0.717, 1.165) is 20.1 Å². The van der Waals surface area contributed by atoms with Crippen LogP contribution in [0.4, 0.5) is 10.7 Å². The number of anilines is 1. The molecule has 4 aromatic rings.